The highest BCUT2D eigenvalue weighted by Crippen LogP contribution is 2.46. The van der Waals surface area contributed by atoms with Gasteiger partial charge in [-0.2, -0.15) is 0 Å². The first-order valence-electron chi connectivity index (χ1n) is 7.27. The van der Waals surface area contributed by atoms with Crippen molar-refractivity contribution in [1.82, 2.24) is 4.98 Å². The minimum absolute atomic E-state index is 0.370. The Morgan fingerprint density at radius 3 is 2.35 bits per heavy atom. The van der Waals surface area contributed by atoms with Crippen molar-refractivity contribution in [2.45, 2.75) is 59.9 Å². The number of nitrogens with two attached hydrogens (primary N) is 1. The quantitative estimate of drug-likeness (QED) is 0.817. The number of nitrogen functional groups attached to an aromatic ring is 1. The van der Waals surface area contributed by atoms with Crippen molar-refractivity contribution in [3.8, 4) is 0 Å². The van der Waals surface area contributed by atoms with Crippen LogP contribution in [0.2, 0.25) is 0 Å². The van der Waals surface area contributed by atoms with Crippen molar-refractivity contribution < 1.29 is 0 Å². The number of halogens is 1. The summed E-state index contributed by atoms with van der Waals surface area (Å²) in [5.41, 5.74) is 8.41. The van der Waals surface area contributed by atoms with Crippen LogP contribution in [-0.4, -0.2) is 11.0 Å². The largest absolute Gasteiger partial charge is 0.397 e. The van der Waals surface area contributed by atoms with Gasteiger partial charge in [-0.25, -0.2) is 4.98 Å². The zero-order valence-electron chi connectivity index (χ0n) is 13.2. The van der Waals surface area contributed by atoms with Gasteiger partial charge < -0.3 is 11.1 Å². The summed E-state index contributed by atoms with van der Waals surface area (Å²) >= 11 is 3.61. The molecule has 0 atom stereocenters. The van der Waals surface area contributed by atoms with Gasteiger partial charge in [0, 0.05) is 6.04 Å². The fourth-order valence-corrected chi connectivity index (χ4v) is 4.28. The minimum atomic E-state index is 0.370. The van der Waals surface area contributed by atoms with Crippen LogP contribution in [0.3, 0.4) is 0 Å². The number of hydrogen-bond donors (Lipinski definition) is 2. The molecule has 0 amide bonds. The van der Waals surface area contributed by atoms with E-state index in [1.807, 2.05) is 6.92 Å². The lowest BCUT2D eigenvalue weighted by Crippen LogP contribution is -2.40. The Hall–Kier alpha value is -0.770. The van der Waals surface area contributed by atoms with E-state index in [0.29, 0.717) is 16.9 Å². The fraction of sp³-hybridized carbons (Fsp3) is 0.688. The third-order valence-electron chi connectivity index (χ3n) is 4.20. The maximum Gasteiger partial charge on any atom is 0.140 e. The van der Waals surface area contributed by atoms with Gasteiger partial charge in [-0.05, 0) is 58.5 Å². The Kier molecular flexibility index (Phi) is 4.07. The predicted octanol–water partition coefficient (Wildman–Crippen LogP) is 4.75. The smallest absolute Gasteiger partial charge is 0.140 e. The van der Waals surface area contributed by atoms with E-state index in [9.17, 15) is 0 Å². The Morgan fingerprint density at radius 2 is 1.80 bits per heavy atom. The van der Waals surface area contributed by atoms with E-state index in [1.54, 1.807) is 6.20 Å². The van der Waals surface area contributed by atoms with Gasteiger partial charge in [0.2, 0.25) is 0 Å². The molecule has 0 aliphatic heterocycles. The van der Waals surface area contributed by atoms with Crippen LogP contribution in [0.1, 0.15) is 52.5 Å². The number of aromatic nitrogens is 1. The Labute approximate surface area is 130 Å². The first-order valence-corrected chi connectivity index (χ1v) is 8.06. The Balaban J connectivity index is 2.20. The topological polar surface area (TPSA) is 50.9 Å². The van der Waals surface area contributed by atoms with Gasteiger partial charge in [0.25, 0.3) is 0 Å². The summed E-state index contributed by atoms with van der Waals surface area (Å²) < 4.78 is 0.985. The zero-order valence-corrected chi connectivity index (χ0v) is 14.8. The van der Waals surface area contributed by atoms with Crippen molar-refractivity contribution in [3.63, 3.8) is 0 Å². The second-order valence-corrected chi connectivity index (χ2v) is 8.55. The summed E-state index contributed by atoms with van der Waals surface area (Å²) in [5.74, 6) is 0.912. The molecule has 0 bridgehead atoms. The SMILES string of the molecule is Cc1c(N)cnc(NC2CC(C)(C)CC(C)(C)C2)c1Br. The van der Waals surface area contributed by atoms with Crippen LogP contribution in [0.4, 0.5) is 11.5 Å². The molecule has 0 unspecified atom stereocenters. The molecule has 1 heterocycles. The van der Waals surface area contributed by atoms with Crippen LogP contribution in [0, 0.1) is 17.8 Å². The number of nitrogens with zero attached hydrogens (tertiary/aromatic N) is 1. The molecule has 20 heavy (non-hydrogen) atoms. The molecular weight excluding hydrogens is 314 g/mol. The highest BCUT2D eigenvalue weighted by atomic mass is 79.9. The van der Waals surface area contributed by atoms with Crippen LogP contribution in [0.15, 0.2) is 10.7 Å². The molecule has 0 aromatic carbocycles. The maximum absolute atomic E-state index is 5.89. The third-order valence-corrected chi connectivity index (χ3v) is 5.17. The molecule has 3 nitrogen and oxygen atoms in total. The Bertz CT molecular complexity index is 493. The van der Waals surface area contributed by atoms with Crippen molar-refractivity contribution >= 4 is 27.4 Å². The minimum Gasteiger partial charge on any atom is -0.397 e. The van der Waals surface area contributed by atoms with Gasteiger partial charge in [-0.15, -0.1) is 0 Å². The van der Waals surface area contributed by atoms with E-state index in [1.165, 1.54) is 19.3 Å². The average molecular weight is 340 g/mol. The summed E-state index contributed by atoms with van der Waals surface area (Å²) in [5, 5.41) is 3.61. The highest BCUT2D eigenvalue weighted by molar-refractivity contribution is 9.10. The van der Waals surface area contributed by atoms with E-state index in [2.05, 4.69) is 53.9 Å². The summed E-state index contributed by atoms with van der Waals surface area (Å²) in [6, 6.07) is 0.459. The molecule has 1 aromatic heterocycles. The molecule has 0 saturated heterocycles. The van der Waals surface area contributed by atoms with Gasteiger partial charge in [0.1, 0.15) is 5.82 Å². The lowest BCUT2D eigenvalue weighted by molar-refractivity contribution is 0.105. The normalized spacial score (nSPS) is 21.7. The molecule has 4 heteroatoms. The van der Waals surface area contributed by atoms with E-state index in [0.717, 1.165) is 21.5 Å². The van der Waals surface area contributed by atoms with E-state index < -0.39 is 0 Å². The first-order chi connectivity index (χ1) is 9.10. The molecule has 3 N–H and O–H groups in total. The summed E-state index contributed by atoms with van der Waals surface area (Å²) in [7, 11) is 0. The molecule has 1 aliphatic rings. The molecule has 1 aliphatic carbocycles. The van der Waals surface area contributed by atoms with E-state index in [4.69, 9.17) is 5.73 Å². The molecule has 112 valence electrons. The summed E-state index contributed by atoms with van der Waals surface area (Å²) in [6.07, 6.45) is 5.36. The first kappa shape index (κ1) is 15.6. The van der Waals surface area contributed by atoms with Gasteiger partial charge in [-0.1, -0.05) is 27.7 Å². The van der Waals surface area contributed by atoms with Crippen molar-refractivity contribution in [1.29, 1.82) is 0 Å². The van der Waals surface area contributed by atoms with Crippen molar-refractivity contribution in [3.05, 3.63) is 16.2 Å². The van der Waals surface area contributed by atoms with Crippen LogP contribution >= 0.6 is 15.9 Å². The monoisotopic (exact) mass is 339 g/mol. The molecule has 2 rings (SSSR count). The van der Waals surface area contributed by atoms with E-state index >= 15 is 0 Å². The molecule has 1 aromatic rings. The lowest BCUT2D eigenvalue weighted by atomic mass is 9.63. The summed E-state index contributed by atoms with van der Waals surface area (Å²) in [6.45, 7) is 11.5. The van der Waals surface area contributed by atoms with Crippen molar-refractivity contribution in [2.24, 2.45) is 10.8 Å². The van der Waals surface area contributed by atoms with E-state index in [-0.39, 0.29) is 0 Å². The fourth-order valence-electron chi connectivity index (χ4n) is 3.83. The second-order valence-electron chi connectivity index (χ2n) is 7.76. The van der Waals surface area contributed by atoms with Crippen LogP contribution in [0.5, 0.6) is 0 Å². The molecular formula is C16H26BrN3. The highest BCUT2D eigenvalue weighted by Gasteiger charge is 2.38. The number of pyridine rings is 1. The van der Waals surface area contributed by atoms with Gasteiger partial charge in [0.05, 0.1) is 16.4 Å². The molecule has 1 saturated carbocycles. The van der Waals surface area contributed by atoms with Crippen LogP contribution in [0.25, 0.3) is 0 Å². The zero-order chi connectivity index (χ0) is 15.1. The lowest BCUT2D eigenvalue weighted by Gasteiger charge is -2.45. The number of anilines is 2. The maximum atomic E-state index is 5.89. The van der Waals surface area contributed by atoms with Crippen molar-refractivity contribution in [2.75, 3.05) is 11.1 Å². The standard InChI is InChI=1S/C16H26BrN3/c1-10-12(18)8-19-14(13(10)17)20-11-6-15(2,3)9-16(4,5)7-11/h8,11H,6-7,9,18H2,1-5H3,(H,19,20). The number of nitrogens with one attached hydrogen (secondary N) is 1. The molecule has 0 spiro atoms. The van der Waals surface area contributed by atoms with Gasteiger partial charge in [0.15, 0.2) is 0 Å². The molecule has 0 radical (unpaired) electrons. The van der Waals surface area contributed by atoms with Crippen LogP contribution in [-0.2, 0) is 0 Å². The number of rotatable bonds is 2. The predicted molar refractivity (Wildman–Crippen MR) is 89.9 cm³/mol. The third kappa shape index (κ3) is 3.46. The second kappa shape index (κ2) is 5.21. The molecule has 1 fully saturated rings. The Morgan fingerprint density at radius 1 is 1.25 bits per heavy atom. The number of hydrogen-bond acceptors (Lipinski definition) is 3. The average Bonchev–Trinajstić information content (AvgIpc) is 2.26. The summed E-state index contributed by atoms with van der Waals surface area (Å²) in [4.78, 5) is 4.45. The van der Waals surface area contributed by atoms with Crippen LogP contribution < -0.4 is 11.1 Å². The van der Waals surface area contributed by atoms with Gasteiger partial charge in [-0.3, -0.25) is 0 Å². The van der Waals surface area contributed by atoms with Gasteiger partial charge >= 0.3 is 0 Å².